The van der Waals surface area contributed by atoms with Crippen molar-refractivity contribution in [2.75, 3.05) is 13.4 Å². The van der Waals surface area contributed by atoms with Crippen LogP contribution in [0.1, 0.15) is 6.92 Å². The number of rotatable bonds is 4. The van der Waals surface area contributed by atoms with Crippen LogP contribution in [0.5, 0.6) is 5.75 Å². The predicted octanol–water partition coefficient (Wildman–Crippen LogP) is 2.62. The molecule has 65 valence electrons. The molecule has 0 aliphatic carbocycles. The molecule has 0 fully saturated rings. The van der Waals surface area contributed by atoms with Gasteiger partial charge in [-0.1, -0.05) is 6.07 Å². The molecule has 0 atom stereocenters. The molecule has 2 nitrogen and oxygen atoms in total. The van der Waals surface area contributed by atoms with Crippen LogP contribution < -0.4 is 4.74 Å². The molecule has 0 saturated heterocycles. The lowest BCUT2D eigenvalue weighted by Crippen LogP contribution is -2.02. The van der Waals surface area contributed by atoms with Crippen molar-refractivity contribution in [2.45, 2.75) is 6.92 Å². The maximum atomic E-state index is 5.28. The largest absolute Gasteiger partial charge is 0.466 e. The fourth-order valence-corrected chi connectivity index (χ4v) is 1.06. The highest BCUT2D eigenvalue weighted by Crippen LogP contribution is 2.23. The van der Waals surface area contributed by atoms with E-state index in [0.29, 0.717) is 6.61 Å². The van der Waals surface area contributed by atoms with Gasteiger partial charge in [-0.2, -0.15) is 0 Å². The van der Waals surface area contributed by atoms with E-state index in [1.165, 1.54) is 0 Å². The smallest absolute Gasteiger partial charge is 0.189 e. The van der Waals surface area contributed by atoms with E-state index in [0.717, 1.165) is 10.2 Å². The summed E-state index contributed by atoms with van der Waals surface area (Å²) < 4.78 is 11.2. The lowest BCUT2D eigenvalue weighted by atomic mass is 10.3. The van der Waals surface area contributed by atoms with Crippen molar-refractivity contribution in [2.24, 2.45) is 0 Å². The van der Waals surface area contributed by atoms with Gasteiger partial charge in [0.25, 0.3) is 0 Å². The number of ether oxygens (including phenoxy) is 2. The van der Waals surface area contributed by atoms with Crippen molar-refractivity contribution in [3.8, 4) is 5.75 Å². The van der Waals surface area contributed by atoms with Gasteiger partial charge in [-0.25, -0.2) is 0 Å². The van der Waals surface area contributed by atoms with Gasteiger partial charge in [0.15, 0.2) is 6.79 Å². The first-order valence-electron chi connectivity index (χ1n) is 3.70. The Hall–Kier alpha value is -0.540. The van der Waals surface area contributed by atoms with Gasteiger partial charge in [-0.3, -0.25) is 0 Å². The third-order valence-electron chi connectivity index (χ3n) is 1.28. The van der Waals surface area contributed by atoms with Crippen LogP contribution in [0, 0.1) is 6.07 Å². The van der Waals surface area contributed by atoms with E-state index in [-0.39, 0.29) is 6.79 Å². The van der Waals surface area contributed by atoms with Crippen LogP contribution in [0.2, 0.25) is 0 Å². The van der Waals surface area contributed by atoms with E-state index in [2.05, 4.69) is 22.0 Å². The monoisotopic (exact) mass is 229 g/mol. The third-order valence-corrected chi connectivity index (χ3v) is 1.93. The van der Waals surface area contributed by atoms with Crippen molar-refractivity contribution in [3.63, 3.8) is 0 Å². The van der Waals surface area contributed by atoms with Gasteiger partial charge in [0.2, 0.25) is 0 Å². The molecule has 0 spiro atoms. The van der Waals surface area contributed by atoms with Gasteiger partial charge in [-0.15, -0.1) is 0 Å². The van der Waals surface area contributed by atoms with Gasteiger partial charge in [0, 0.05) is 6.61 Å². The zero-order chi connectivity index (χ0) is 8.81. The van der Waals surface area contributed by atoms with Gasteiger partial charge in [0.1, 0.15) is 5.75 Å². The van der Waals surface area contributed by atoms with Gasteiger partial charge in [0.05, 0.1) is 4.47 Å². The Morgan fingerprint density at radius 1 is 1.58 bits per heavy atom. The average Bonchev–Trinajstić information content (AvgIpc) is 2.09. The molecular weight excluding hydrogens is 220 g/mol. The van der Waals surface area contributed by atoms with E-state index in [9.17, 15) is 0 Å². The molecule has 0 heterocycles. The molecule has 3 heteroatoms. The summed E-state index contributed by atoms with van der Waals surface area (Å²) in [5.74, 6) is 0.756. The lowest BCUT2D eigenvalue weighted by Gasteiger charge is -2.06. The van der Waals surface area contributed by atoms with Crippen LogP contribution in [0.4, 0.5) is 0 Å². The normalized spacial score (nSPS) is 9.83. The average molecular weight is 230 g/mol. The standard InChI is InChI=1S/C9H10BrO2/c1-2-11-7-12-9-6-4-3-5-8(9)10/h3,5-6H,2,7H2,1H3. The Bertz CT molecular complexity index is 238. The fourth-order valence-electron chi connectivity index (χ4n) is 0.695. The second kappa shape index (κ2) is 5.17. The first-order chi connectivity index (χ1) is 5.84. The molecule has 0 unspecified atom stereocenters. The Labute approximate surface area is 80.6 Å². The highest BCUT2D eigenvalue weighted by Gasteiger charge is 1.97. The van der Waals surface area contributed by atoms with E-state index < -0.39 is 0 Å². The van der Waals surface area contributed by atoms with E-state index >= 15 is 0 Å². The molecule has 0 bridgehead atoms. The van der Waals surface area contributed by atoms with Crippen molar-refractivity contribution >= 4 is 15.9 Å². The molecule has 1 rings (SSSR count). The van der Waals surface area contributed by atoms with E-state index in [1.807, 2.05) is 19.1 Å². The van der Waals surface area contributed by atoms with Crippen LogP contribution in [-0.4, -0.2) is 13.4 Å². The molecule has 1 aromatic carbocycles. The summed E-state index contributed by atoms with van der Waals surface area (Å²) >= 11 is 3.35. The maximum absolute atomic E-state index is 5.28. The Morgan fingerprint density at radius 3 is 3.08 bits per heavy atom. The second-order valence-electron chi connectivity index (χ2n) is 2.11. The highest BCUT2D eigenvalue weighted by molar-refractivity contribution is 9.10. The van der Waals surface area contributed by atoms with E-state index in [4.69, 9.17) is 9.47 Å². The summed E-state index contributed by atoms with van der Waals surface area (Å²) in [6.45, 7) is 2.87. The maximum Gasteiger partial charge on any atom is 0.189 e. The molecule has 0 aliphatic heterocycles. The minimum atomic E-state index is 0.285. The van der Waals surface area contributed by atoms with Crippen LogP contribution in [0.15, 0.2) is 22.7 Å². The van der Waals surface area contributed by atoms with Gasteiger partial charge >= 0.3 is 0 Å². The van der Waals surface area contributed by atoms with Gasteiger partial charge in [-0.05, 0) is 41.1 Å². The van der Waals surface area contributed by atoms with Gasteiger partial charge < -0.3 is 9.47 Å². The topological polar surface area (TPSA) is 18.5 Å². The number of hydrogen-bond acceptors (Lipinski definition) is 2. The second-order valence-corrected chi connectivity index (χ2v) is 2.97. The van der Waals surface area contributed by atoms with Crippen LogP contribution in [0.25, 0.3) is 0 Å². The minimum absolute atomic E-state index is 0.285. The summed E-state index contributed by atoms with van der Waals surface area (Å²) in [6.07, 6.45) is 0. The first kappa shape index (κ1) is 9.55. The zero-order valence-corrected chi connectivity index (χ0v) is 8.43. The highest BCUT2D eigenvalue weighted by atomic mass is 79.9. The molecule has 0 amide bonds. The number of hydrogen-bond donors (Lipinski definition) is 0. The van der Waals surface area contributed by atoms with Crippen molar-refractivity contribution in [1.82, 2.24) is 0 Å². The summed E-state index contributed by atoms with van der Waals surface area (Å²) in [7, 11) is 0. The summed E-state index contributed by atoms with van der Waals surface area (Å²) in [6, 6.07) is 8.38. The number of halogens is 1. The SMILES string of the molecule is CCOCOc1c[c]ccc1Br. The quantitative estimate of drug-likeness (QED) is 0.584. The third kappa shape index (κ3) is 2.83. The molecule has 0 N–H and O–H groups in total. The molecule has 12 heavy (non-hydrogen) atoms. The summed E-state index contributed by atoms with van der Waals surface area (Å²) in [5, 5.41) is 0. The molecule has 0 aliphatic rings. The van der Waals surface area contributed by atoms with Crippen LogP contribution in [0.3, 0.4) is 0 Å². The summed E-state index contributed by atoms with van der Waals surface area (Å²) in [4.78, 5) is 0. The zero-order valence-electron chi connectivity index (χ0n) is 6.84. The molecule has 1 aromatic rings. The summed E-state index contributed by atoms with van der Waals surface area (Å²) in [5.41, 5.74) is 0. The van der Waals surface area contributed by atoms with Crippen molar-refractivity contribution in [3.05, 3.63) is 28.7 Å². The predicted molar refractivity (Wildman–Crippen MR) is 50.1 cm³/mol. The Morgan fingerprint density at radius 2 is 2.42 bits per heavy atom. The Balaban J connectivity index is 2.46. The van der Waals surface area contributed by atoms with Crippen LogP contribution >= 0.6 is 15.9 Å². The van der Waals surface area contributed by atoms with E-state index in [1.54, 1.807) is 6.07 Å². The molecular formula is C9H10BrO2. The minimum Gasteiger partial charge on any atom is -0.466 e. The molecule has 0 saturated carbocycles. The van der Waals surface area contributed by atoms with Crippen molar-refractivity contribution in [1.29, 1.82) is 0 Å². The molecule has 0 aromatic heterocycles. The molecule has 1 radical (unpaired) electrons. The van der Waals surface area contributed by atoms with Crippen LogP contribution in [-0.2, 0) is 4.74 Å². The Kier molecular flexibility index (Phi) is 4.11. The fraction of sp³-hybridized carbons (Fsp3) is 0.333. The van der Waals surface area contributed by atoms with Crippen molar-refractivity contribution < 1.29 is 9.47 Å². The first-order valence-corrected chi connectivity index (χ1v) is 4.50. The number of benzene rings is 1. The lowest BCUT2D eigenvalue weighted by molar-refractivity contribution is 0.0219.